The predicted octanol–water partition coefficient (Wildman–Crippen LogP) is 3.68. The molecular weight excluding hydrogens is 584 g/mol. The number of nitrogens with zero attached hydrogens (tertiary/aromatic N) is 3. The summed E-state index contributed by atoms with van der Waals surface area (Å²) in [7, 11) is 1.11. The van der Waals surface area contributed by atoms with Crippen LogP contribution < -0.4 is 14.8 Å². The monoisotopic (exact) mass is 622 g/mol. The van der Waals surface area contributed by atoms with Gasteiger partial charge in [0.1, 0.15) is 41.5 Å². The number of hydrogen-bond donors (Lipinski definition) is 3. The summed E-state index contributed by atoms with van der Waals surface area (Å²) in [6, 6.07) is 13.7. The number of aliphatic carboxylic acids is 1. The molecule has 3 N–H and O–H groups in total. The Balaban J connectivity index is 1.69. The lowest BCUT2D eigenvalue weighted by atomic mass is 9.84. The van der Waals surface area contributed by atoms with Gasteiger partial charge in [-0.05, 0) is 49.6 Å². The molecule has 13 heteroatoms. The molecule has 2 aromatic rings. The first-order valence-electron chi connectivity index (χ1n) is 14.5. The molecule has 0 aliphatic carbocycles. The van der Waals surface area contributed by atoms with Gasteiger partial charge in [0.25, 0.3) is 5.69 Å². The second kappa shape index (κ2) is 16.2. The number of methoxy groups -OCH3 is 1. The number of nitrogens with one attached hydrogen (secondary N) is 1. The molecule has 2 unspecified atom stereocenters. The fourth-order valence-electron chi connectivity index (χ4n) is 4.87. The number of nitro groups is 1. The van der Waals surface area contributed by atoms with Crippen molar-refractivity contribution in [2.45, 2.75) is 51.8 Å². The summed E-state index contributed by atoms with van der Waals surface area (Å²) in [5, 5.41) is 44.9. The van der Waals surface area contributed by atoms with Gasteiger partial charge in [-0.2, -0.15) is 5.26 Å². The number of allylic oxidation sites excluding steroid dienone is 1. The number of hydrogen-bond acceptors (Lipinski definition) is 11. The highest BCUT2D eigenvalue weighted by molar-refractivity contribution is 6.14. The Labute approximate surface area is 261 Å². The van der Waals surface area contributed by atoms with E-state index in [1.54, 1.807) is 31.2 Å². The number of benzene rings is 2. The number of rotatable bonds is 16. The van der Waals surface area contributed by atoms with Gasteiger partial charge >= 0.3 is 11.9 Å². The number of ether oxygens (including phenoxy) is 3. The molecule has 45 heavy (non-hydrogen) atoms. The number of nitriles is 1. The van der Waals surface area contributed by atoms with Crippen molar-refractivity contribution >= 4 is 23.2 Å². The van der Waals surface area contributed by atoms with Crippen molar-refractivity contribution in [2.75, 3.05) is 33.4 Å². The molecule has 13 nitrogen and oxygen atoms in total. The van der Waals surface area contributed by atoms with Crippen molar-refractivity contribution in [3.8, 4) is 17.6 Å². The molecule has 2 aromatic carbocycles. The Hall–Kier alpha value is -4.93. The smallest absolute Gasteiger partial charge is 0.341 e. The SMILES string of the molecule is COC(=O)C1=C(C#N)N(CCCCOc2ccc(OCC(O)CNC(C)C)cc2)C(C)C(C(=O)O)=C1c1cccc([N+](=O)[O-])c1. The number of non-ortho nitro benzene ring substituents is 1. The Morgan fingerprint density at radius 3 is 2.38 bits per heavy atom. The lowest BCUT2D eigenvalue weighted by Crippen LogP contribution is -2.42. The molecule has 1 aliphatic rings. The average molecular weight is 623 g/mol. The summed E-state index contributed by atoms with van der Waals surface area (Å²) in [5.41, 5.74) is -0.794. The number of carbonyl (C=O) groups is 2. The van der Waals surface area contributed by atoms with Gasteiger partial charge in [-0.3, -0.25) is 10.1 Å². The van der Waals surface area contributed by atoms with E-state index in [2.05, 4.69) is 5.32 Å². The highest BCUT2D eigenvalue weighted by Crippen LogP contribution is 2.40. The zero-order valence-electron chi connectivity index (χ0n) is 25.7. The molecule has 1 aliphatic heterocycles. The topological polar surface area (TPSA) is 184 Å². The number of carboxylic acids is 1. The van der Waals surface area contributed by atoms with Crippen LogP contribution >= 0.6 is 0 Å². The summed E-state index contributed by atoms with van der Waals surface area (Å²) in [5.74, 6) is -1.06. The van der Waals surface area contributed by atoms with E-state index < -0.39 is 29.0 Å². The van der Waals surface area contributed by atoms with Gasteiger partial charge in [-0.25, -0.2) is 9.59 Å². The van der Waals surface area contributed by atoms with E-state index in [0.717, 1.165) is 7.11 Å². The Morgan fingerprint density at radius 1 is 1.13 bits per heavy atom. The maximum atomic E-state index is 13.0. The second-order valence-electron chi connectivity index (χ2n) is 10.7. The lowest BCUT2D eigenvalue weighted by Gasteiger charge is -2.37. The largest absolute Gasteiger partial charge is 0.494 e. The van der Waals surface area contributed by atoms with E-state index in [1.807, 2.05) is 19.9 Å². The van der Waals surface area contributed by atoms with Gasteiger partial charge in [0.15, 0.2) is 0 Å². The van der Waals surface area contributed by atoms with Crippen molar-refractivity contribution in [3.63, 3.8) is 0 Å². The number of aliphatic hydroxyl groups is 1. The standard InChI is InChI=1S/C32H38N4O9/c1-20(2)34-18-24(37)19-45-26-12-10-25(11-13-26)44-15-6-5-14-35-21(3)28(31(38)39)29(30(27(35)17-33)32(40)43-4)22-8-7-9-23(16-22)36(41)42/h7-13,16,20-21,24,34,37H,5-6,14-15,18-19H2,1-4H3,(H,38,39). The van der Waals surface area contributed by atoms with Crippen molar-refractivity contribution in [2.24, 2.45) is 0 Å². The van der Waals surface area contributed by atoms with Crippen molar-refractivity contribution < 1.29 is 38.9 Å². The van der Waals surface area contributed by atoms with Crippen LogP contribution in [-0.2, 0) is 14.3 Å². The van der Waals surface area contributed by atoms with E-state index >= 15 is 0 Å². The number of carbonyl (C=O) groups excluding carboxylic acids is 1. The van der Waals surface area contributed by atoms with Gasteiger partial charge < -0.3 is 34.6 Å². The average Bonchev–Trinajstić information content (AvgIpc) is 3.02. The Kier molecular flexibility index (Phi) is 12.5. The number of esters is 1. The fraction of sp³-hybridized carbons (Fsp3) is 0.406. The summed E-state index contributed by atoms with van der Waals surface area (Å²) in [6.45, 7) is 6.73. The summed E-state index contributed by atoms with van der Waals surface area (Å²) in [6.07, 6.45) is 0.401. The quantitative estimate of drug-likeness (QED) is 0.107. The number of unbranched alkanes of at least 4 members (excludes halogenated alkanes) is 1. The second-order valence-corrected chi connectivity index (χ2v) is 10.7. The number of nitro benzene ring substituents is 1. The lowest BCUT2D eigenvalue weighted by molar-refractivity contribution is -0.384. The van der Waals surface area contributed by atoms with Gasteiger partial charge in [0, 0.05) is 36.8 Å². The van der Waals surface area contributed by atoms with Gasteiger partial charge in [0.2, 0.25) is 0 Å². The first kappa shape index (κ1) is 34.6. The molecule has 0 fully saturated rings. The van der Waals surface area contributed by atoms with Crippen LogP contribution in [-0.4, -0.2) is 83.6 Å². The molecule has 0 saturated carbocycles. The van der Waals surface area contributed by atoms with Crippen LogP contribution in [0.4, 0.5) is 5.69 Å². The molecule has 240 valence electrons. The molecule has 0 aromatic heterocycles. The van der Waals surface area contributed by atoms with Gasteiger partial charge in [0.05, 0.1) is 30.3 Å². The highest BCUT2D eigenvalue weighted by atomic mass is 16.6. The molecule has 2 atom stereocenters. The summed E-state index contributed by atoms with van der Waals surface area (Å²) in [4.78, 5) is 37.8. The van der Waals surface area contributed by atoms with Gasteiger partial charge in [-0.15, -0.1) is 0 Å². The van der Waals surface area contributed by atoms with E-state index in [-0.39, 0.29) is 52.9 Å². The third-order valence-corrected chi connectivity index (χ3v) is 7.09. The molecule has 1 heterocycles. The van der Waals surface area contributed by atoms with E-state index in [4.69, 9.17) is 14.2 Å². The number of carboxylic acid groups (broad SMARTS) is 1. The molecule has 3 rings (SSSR count). The predicted molar refractivity (Wildman–Crippen MR) is 164 cm³/mol. The molecule has 0 amide bonds. The van der Waals surface area contributed by atoms with Crippen LogP contribution in [0.15, 0.2) is 65.4 Å². The maximum absolute atomic E-state index is 13.0. The van der Waals surface area contributed by atoms with Crippen LogP contribution in [0.5, 0.6) is 11.5 Å². The minimum atomic E-state index is -1.33. The van der Waals surface area contributed by atoms with E-state index in [9.17, 15) is 35.2 Å². The molecular formula is C32H38N4O9. The van der Waals surface area contributed by atoms with Gasteiger partial charge in [-0.1, -0.05) is 26.0 Å². The van der Waals surface area contributed by atoms with Crippen LogP contribution in [0.25, 0.3) is 5.57 Å². The minimum absolute atomic E-state index is 0.0810. The van der Waals surface area contributed by atoms with Crippen molar-refractivity contribution in [1.82, 2.24) is 10.2 Å². The van der Waals surface area contributed by atoms with Crippen molar-refractivity contribution in [3.05, 3.63) is 81.1 Å². The van der Waals surface area contributed by atoms with Crippen LogP contribution in [0, 0.1) is 21.4 Å². The fourth-order valence-corrected chi connectivity index (χ4v) is 4.87. The summed E-state index contributed by atoms with van der Waals surface area (Å²) >= 11 is 0. The van der Waals surface area contributed by atoms with Crippen molar-refractivity contribution in [1.29, 1.82) is 5.26 Å². The first-order chi connectivity index (χ1) is 21.5. The van der Waals surface area contributed by atoms with E-state index in [1.165, 1.54) is 29.2 Å². The summed E-state index contributed by atoms with van der Waals surface area (Å²) < 4.78 is 16.4. The molecule has 0 spiro atoms. The zero-order valence-corrected chi connectivity index (χ0v) is 25.7. The Bertz CT molecular complexity index is 1480. The highest BCUT2D eigenvalue weighted by Gasteiger charge is 2.39. The third kappa shape index (κ3) is 9.04. The first-order valence-corrected chi connectivity index (χ1v) is 14.5. The molecule has 0 saturated heterocycles. The van der Waals surface area contributed by atoms with E-state index in [0.29, 0.717) is 37.5 Å². The number of aliphatic hydroxyl groups excluding tert-OH is 1. The third-order valence-electron chi connectivity index (χ3n) is 7.09. The Morgan fingerprint density at radius 2 is 1.80 bits per heavy atom. The van der Waals surface area contributed by atoms with Crippen LogP contribution in [0.2, 0.25) is 0 Å². The van der Waals surface area contributed by atoms with Crippen LogP contribution in [0.1, 0.15) is 39.2 Å². The normalized spacial score (nSPS) is 15.5. The van der Waals surface area contributed by atoms with Crippen LogP contribution in [0.3, 0.4) is 0 Å². The minimum Gasteiger partial charge on any atom is -0.494 e. The zero-order chi connectivity index (χ0) is 33.1. The maximum Gasteiger partial charge on any atom is 0.341 e. The molecule has 0 bridgehead atoms. The molecule has 0 radical (unpaired) electrons.